The molecule has 0 radical (unpaired) electrons. The van der Waals surface area contributed by atoms with Gasteiger partial charge < -0.3 is 9.80 Å². The lowest BCUT2D eigenvalue weighted by Gasteiger charge is -2.33. The largest absolute Gasteiger partial charge is 0.310 e. The minimum atomic E-state index is 0.0752. The first-order valence-corrected chi connectivity index (χ1v) is 19.2. The summed E-state index contributed by atoms with van der Waals surface area (Å²) in [5, 5.41) is 0. The van der Waals surface area contributed by atoms with Crippen molar-refractivity contribution in [1.82, 2.24) is 0 Å². The van der Waals surface area contributed by atoms with Crippen LogP contribution < -0.4 is 9.80 Å². The quantitative estimate of drug-likeness (QED) is 0.119. The van der Waals surface area contributed by atoms with Crippen LogP contribution in [0.1, 0.15) is 74.9 Å². The normalized spacial score (nSPS) is 11.9. The lowest BCUT2D eigenvalue weighted by Crippen LogP contribution is -2.18. The molecule has 0 amide bonds. The molecule has 0 unspecified atom stereocenters. The monoisotopic (exact) mass is 862 g/mol. The third-order valence-corrected chi connectivity index (χ3v) is 10.6. The molecule has 5 heteroatoms. The van der Waals surface area contributed by atoms with E-state index in [0.717, 1.165) is 36.1 Å². The Balaban J connectivity index is 1.69. The van der Waals surface area contributed by atoms with Crippen LogP contribution >= 0.6 is 54.5 Å². The molecule has 0 saturated heterocycles. The van der Waals surface area contributed by atoms with Crippen molar-refractivity contribution >= 4 is 88.6 Å². The molecule has 0 bridgehead atoms. The summed E-state index contributed by atoms with van der Waals surface area (Å²) in [6.45, 7) is 20.5. The summed E-state index contributed by atoms with van der Waals surface area (Å²) in [5.74, 6) is 0. The predicted octanol–water partition coefficient (Wildman–Crippen LogP) is 14.6. The van der Waals surface area contributed by atoms with Crippen LogP contribution in [0.25, 0.3) is 0 Å². The first-order chi connectivity index (χ1) is 22.1. The molecule has 5 aromatic rings. The molecule has 0 atom stereocenters. The standard InChI is InChI=1S/C42H45Br2IN2/c1-27-22-31(41(4,5)6)23-28(2)39(27)46(35-14-10-33(43)11-15-35)37-18-20-38(21-19-37)47(36-16-12-34(44)13-17-36)40-29(3)24-32(42(7,8)9)25-30(40)26-45/h10-25H,26H2,1-9H3. The lowest BCUT2D eigenvalue weighted by molar-refractivity contribution is 0.589. The molecule has 244 valence electrons. The van der Waals surface area contributed by atoms with Crippen LogP contribution in [-0.4, -0.2) is 0 Å². The van der Waals surface area contributed by atoms with E-state index in [0.29, 0.717) is 0 Å². The number of anilines is 6. The number of benzene rings is 5. The Labute approximate surface area is 313 Å². The summed E-state index contributed by atoms with van der Waals surface area (Å²) in [4.78, 5) is 4.82. The lowest BCUT2D eigenvalue weighted by atomic mass is 9.84. The van der Waals surface area contributed by atoms with Crippen molar-refractivity contribution in [2.45, 2.75) is 77.6 Å². The molecule has 0 fully saturated rings. The maximum atomic E-state index is 3.65. The van der Waals surface area contributed by atoms with Gasteiger partial charge in [-0.3, -0.25) is 0 Å². The zero-order valence-electron chi connectivity index (χ0n) is 29.0. The number of aryl methyl sites for hydroxylation is 3. The molecule has 0 heterocycles. The van der Waals surface area contributed by atoms with Crippen molar-refractivity contribution in [3.63, 3.8) is 0 Å². The SMILES string of the molecule is Cc1cc(C(C)(C)C)cc(C)c1N(c1ccc(Br)cc1)c1ccc(N(c2ccc(Br)cc2)c2c(C)cc(C(C)(C)C)cc2CI)cc1. The predicted molar refractivity (Wildman–Crippen MR) is 221 cm³/mol. The first-order valence-electron chi connectivity index (χ1n) is 16.1. The van der Waals surface area contributed by atoms with Crippen molar-refractivity contribution in [2.75, 3.05) is 9.80 Å². The van der Waals surface area contributed by atoms with E-state index < -0.39 is 0 Å². The van der Waals surface area contributed by atoms with Crippen molar-refractivity contribution < 1.29 is 0 Å². The number of rotatable bonds is 7. The van der Waals surface area contributed by atoms with E-state index in [1.165, 1.54) is 44.8 Å². The van der Waals surface area contributed by atoms with E-state index in [-0.39, 0.29) is 10.8 Å². The zero-order chi connectivity index (χ0) is 34.3. The highest BCUT2D eigenvalue weighted by molar-refractivity contribution is 14.1. The van der Waals surface area contributed by atoms with Crippen molar-refractivity contribution in [3.8, 4) is 0 Å². The molecule has 0 aliphatic heterocycles. The summed E-state index contributed by atoms with van der Waals surface area (Å²) >= 11 is 9.82. The molecule has 47 heavy (non-hydrogen) atoms. The van der Waals surface area contributed by atoms with Gasteiger partial charge in [0.15, 0.2) is 0 Å². The molecule has 5 rings (SSSR count). The number of hydrogen-bond donors (Lipinski definition) is 0. The Morgan fingerprint density at radius 3 is 1.13 bits per heavy atom. The van der Waals surface area contributed by atoms with Gasteiger partial charge in [0.25, 0.3) is 0 Å². The van der Waals surface area contributed by atoms with E-state index in [1.54, 1.807) is 0 Å². The number of hydrogen-bond acceptors (Lipinski definition) is 2. The minimum Gasteiger partial charge on any atom is -0.310 e. The van der Waals surface area contributed by atoms with Gasteiger partial charge in [-0.1, -0.05) is 120 Å². The van der Waals surface area contributed by atoms with Crippen molar-refractivity contribution in [3.05, 3.63) is 139 Å². The Hall–Kier alpha value is -2.61. The topological polar surface area (TPSA) is 6.48 Å². The second-order valence-electron chi connectivity index (χ2n) is 14.5. The van der Waals surface area contributed by atoms with E-state index in [9.17, 15) is 0 Å². The van der Waals surface area contributed by atoms with Gasteiger partial charge in [0.05, 0.1) is 11.4 Å². The Bertz CT molecular complexity index is 1840. The molecule has 5 aromatic carbocycles. The highest BCUT2D eigenvalue weighted by Crippen LogP contribution is 2.45. The van der Waals surface area contributed by atoms with E-state index in [1.807, 2.05) is 0 Å². The highest BCUT2D eigenvalue weighted by atomic mass is 127. The van der Waals surface area contributed by atoms with Gasteiger partial charge in [-0.25, -0.2) is 0 Å². The van der Waals surface area contributed by atoms with Gasteiger partial charge in [-0.15, -0.1) is 0 Å². The van der Waals surface area contributed by atoms with E-state index >= 15 is 0 Å². The molecule has 0 aliphatic carbocycles. The molecule has 2 nitrogen and oxygen atoms in total. The van der Waals surface area contributed by atoms with Gasteiger partial charge >= 0.3 is 0 Å². The van der Waals surface area contributed by atoms with Crippen molar-refractivity contribution in [1.29, 1.82) is 0 Å². The Morgan fingerprint density at radius 2 is 0.787 bits per heavy atom. The van der Waals surface area contributed by atoms with Gasteiger partial charge in [0.2, 0.25) is 0 Å². The third kappa shape index (κ3) is 7.84. The van der Waals surface area contributed by atoms with Gasteiger partial charge in [0.1, 0.15) is 0 Å². The summed E-state index contributed by atoms with van der Waals surface area (Å²) in [7, 11) is 0. The summed E-state index contributed by atoms with van der Waals surface area (Å²) in [6.07, 6.45) is 0. The first kappa shape index (κ1) is 35.7. The number of halogens is 3. The van der Waals surface area contributed by atoms with Crippen LogP contribution in [0.3, 0.4) is 0 Å². The van der Waals surface area contributed by atoms with Crippen LogP contribution in [0.5, 0.6) is 0 Å². The fourth-order valence-corrected chi connectivity index (χ4v) is 7.30. The Morgan fingerprint density at radius 1 is 0.489 bits per heavy atom. The smallest absolute Gasteiger partial charge is 0.0530 e. The molecule has 0 spiro atoms. The maximum absolute atomic E-state index is 3.65. The molecule has 0 N–H and O–H groups in total. The van der Waals surface area contributed by atoms with Gasteiger partial charge in [0, 0.05) is 36.1 Å². The zero-order valence-corrected chi connectivity index (χ0v) is 34.3. The van der Waals surface area contributed by atoms with Crippen LogP contribution in [0.4, 0.5) is 34.1 Å². The number of nitrogens with zero attached hydrogens (tertiary/aromatic N) is 2. The average Bonchev–Trinajstić information content (AvgIpc) is 3.00. The fourth-order valence-electron chi connectivity index (χ4n) is 6.19. The molecule has 0 aliphatic rings. The third-order valence-electron chi connectivity index (χ3n) is 8.73. The molecular formula is C42H45Br2IN2. The van der Waals surface area contributed by atoms with E-state index in [4.69, 9.17) is 0 Å². The van der Waals surface area contributed by atoms with Gasteiger partial charge in [-0.2, -0.15) is 0 Å². The minimum absolute atomic E-state index is 0.0752. The summed E-state index contributed by atoms with van der Waals surface area (Å²) in [6, 6.07) is 35.8. The molecule has 0 aromatic heterocycles. The second-order valence-corrected chi connectivity index (χ2v) is 17.1. The Kier molecular flexibility index (Phi) is 10.7. The summed E-state index contributed by atoms with van der Waals surface area (Å²) < 4.78 is 3.06. The second kappa shape index (κ2) is 14.1. The van der Waals surface area contributed by atoms with Crippen molar-refractivity contribution in [2.24, 2.45) is 0 Å². The van der Waals surface area contributed by atoms with Crippen LogP contribution in [0.15, 0.2) is 106 Å². The van der Waals surface area contributed by atoms with Crippen LogP contribution in [-0.2, 0) is 15.3 Å². The molecular weight excluding hydrogens is 819 g/mol. The van der Waals surface area contributed by atoms with E-state index in [2.05, 4.69) is 224 Å². The van der Waals surface area contributed by atoms with Gasteiger partial charge in [-0.05, 0) is 138 Å². The maximum Gasteiger partial charge on any atom is 0.0530 e. The average molecular weight is 865 g/mol. The molecule has 0 saturated carbocycles. The summed E-state index contributed by atoms with van der Waals surface area (Å²) in [5.41, 5.74) is 15.0. The van der Waals surface area contributed by atoms with Crippen LogP contribution in [0.2, 0.25) is 0 Å². The van der Waals surface area contributed by atoms with Crippen LogP contribution in [0, 0.1) is 20.8 Å². The number of alkyl halides is 1. The fraction of sp³-hybridized carbons (Fsp3) is 0.286. The highest BCUT2D eigenvalue weighted by Gasteiger charge is 2.24.